The first-order valence-electron chi connectivity index (χ1n) is 5.55. The molecule has 1 aliphatic heterocycles. The van der Waals surface area contributed by atoms with Crippen molar-refractivity contribution in [1.29, 1.82) is 0 Å². The molecule has 1 fully saturated rings. The summed E-state index contributed by atoms with van der Waals surface area (Å²) in [7, 11) is 0. The molecule has 0 radical (unpaired) electrons. The zero-order valence-electron chi connectivity index (χ0n) is 9.30. The molecule has 0 spiro atoms. The SMILES string of the molecule is Cc1cc(N2CCC(N)C2)n2ncnc2c1. The van der Waals surface area contributed by atoms with Crippen LogP contribution in [-0.2, 0) is 0 Å². The average Bonchev–Trinajstić information content (AvgIpc) is 2.84. The summed E-state index contributed by atoms with van der Waals surface area (Å²) in [6, 6.07) is 4.45. The number of aryl methyl sites for hydroxylation is 1. The maximum Gasteiger partial charge on any atom is 0.157 e. The first-order valence-corrected chi connectivity index (χ1v) is 5.55. The molecule has 84 valence electrons. The van der Waals surface area contributed by atoms with Crippen molar-refractivity contribution in [2.24, 2.45) is 5.73 Å². The van der Waals surface area contributed by atoms with E-state index in [2.05, 4.69) is 28.0 Å². The highest BCUT2D eigenvalue weighted by Crippen LogP contribution is 2.21. The predicted molar refractivity (Wildman–Crippen MR) is 62.5 cm³/mol. The van der Waals surface area contributed by atoms with Gasteiger partial charge in [-0.25, -0.2) is 4.98 Å². The van der Waals surface area contributed by atoms with Crippen LogP contribution in [0.4, 0.5) is 5.82 Å². The van der Waals surface area contributed by atoms with Gasteiger partial charge in [0.2, 0.25) is 0 Å². The molecule has 5 nitrogen and oxygen atoms in total. The van der Waals surface area contributed by atoms with Crippen molar-refractivity contribution in [3.63, 3.8) is 0 Å². The zero-order chi connectivity index (χ0) is 11.1. The van der Waals surface area contributed by atoms with Crippen LogP contribution in [0.5, 0.6) is 0 Å². The van der Waals surface area contributed by atoms with E-state index in [1.54, 1.807) is 6.33 Å². The average molecular weight is 217 g/mol. The van der Waals surface area contributed by atoms with Gasteiger partial charge in [0.15, 0.2) is 5.65 Å². The highest BCUT2D eigenvalue weighted by molar-refractivity contribution is 5.53. The van der Waals surface area contributed by atoms with E-state index in [9.17, 15) is 0 Å². The van der Waals surface area contributed by atoms with Crippen LogP contribution in [0.2, 0.25) is 0 Å². The summed E-state index contributed by atoms with van der Waals surface area (Å²) in [6.45, 7) is 3.98. The molecule has 1 atom stereocenters. The van der Waals surface area contributed by atoms with Crippen LogP contribution < -0.4 is 10.6 Å². The molecule has 1 aliphatic rings. The van der Waals surface area contributed by atoms with Crippen molar-refractivity contribution in [2.45, 2.75) is 19.4 Å². The molecule has 3 rings (SSSR count). The van der Waals surface area contributed by atoms with Gasteiger partial charge >= 0.3 is 0 Å². The lowest BCUT2D eigenvalue weighted by molar-refractivity contribution is 0.749. The van der Waals surface area contributed by atoms with Crippen molar-refractivity contribution in [3.05, 3.63) is 24.0 Å². The molecule has 1 unspecified atom stereocenters. The van der Waals surface area contributed by atoms with Gasteiger partial charge in [-0.15, -0.1) is 0 Å². The van der Waals surface area contributed by atoms with Crippen molar-refractivity contribution < 1.29 is 0 Å². The van der Waals surface area contributed by atoms with Crippen LogP contribution in [0.3, 0.4) is 0 Å². The van der Waals surface area contributed by atoms with Crippen LogP contribution >= 0.6 is 0 Å². The second kappa shape index (κ2) is 3.45. The molecule has 0 amide bonds. The molecular formula is C11H15N5. The lowest BCUT2D eigenvalue weighted by Gasteiger charge is -2.19. The monoisotopic (exact) mass is 217 g/mol. The van der Waals surface area contributed by atoms with Crippen LogP contribution in [0.15, 0.2) is 18.5 Å². The Morgan fingerprint density at radius 1 is 1.44 bits per heavy atom. The van der Waals surface area contributed by atoms with Gasteiger partial charge in [0.25, 0.3) is 0 Å². The number of aromatic nitrogens is 3. The molecular weight excluding hydrogens is 202 g/mol. The van der Waals surface area contributed by atoms with Gasteiger partial charge in [-0.1, -0.05) is 0 Å². The Morgan fingerprint density at radius 2 is 2.31 bits per heavy atom. The molecule has 0 bridgehead atoms. The standard InChI is InChI=1S/C11H15N5/c1-8-4-10-13-7-14-16(10)11(5-8)15-3-2-9(12)6-15/h4-5,7,9H,2-3,6,12H2,1H3. The van der Waals surface area contributed by atoms with Gasteiger partial charge in [0.05, 0.1) is 0 Å². The number of rotatable bonds is 1. The summed E-state index contributed by atoms with van der Waals surface area (Å²) in [5.41, 5.74) is 8.04. The summed E-state index contributed by atoms with van der Waals surface area (Å²) in [6.07, 6.45) is 2.64. The summed E-state index contributed by atoms with van der Waals surface area (Å²) < 4.78 is 1.88. The van der Waals surface area contributed by atoms with Crippen molar-refractivity contribution >= 4 is 11.5 Å². The van der Waals surface area contributed by atoms with Crippen molar-refractivity contribution in [3.8, 4) is 0 Å². The molecule has 2 aromatic heterocycles. The third kappa shape index (κ3) is 1.44. The van der Waals surface area contributed by atoms with Crippen LogP contribution in [0.1, 0.15) is 12.0 Å². The fourth-order valence-corrected chi connectivity index (χ4v) is 2.26. The van der Waals surface area contributed by atoms with E-state index in [1.807, 2.05) is 10.6 Å². The first-order chi connectivity index (χ1) is 7.74. The largest absolute Gasteiger partial charge is 0.355 e. The number of anilines is 1. The Balaban J connectivity index is 2.11. The van der Waals surface area contributed by atoms with Gasteiger partial charge < -0.3 is 10.6 Å². The molecule has 1 saturated heterocycles. The molecule has 0 aromatic carbocycles. The maximum atomic E-state index is 5.93. The minimum Gasteiger partial charge on any atom is -0.355 e. The third-order valence-corrected chi connectivity index (χ3v) is 3.05. The van der Waals surface area contributed by atoms with Gasteiger partial charge in [-0.05, 0) is 31.0 Å². The molecule has 5 heteroatoms. The maximum absolute atomic E-state index is 5.93. The zero-order valence-corrected chi connectivity index (χ0v) is 9.30. The second-order valence-electron chi connectivity index (χ2n) is 4.42. The Kier molecular flexibility index (Phi) is 2.07. The Bertz CT molecular complexity index is 518. The van der Waals surface area contributed by atoms with E-state index in [4.69, 9.17) is 5.73 Å². The van der Waals surface area contributed by atoms with E-state index in [0.717, 1.165) is 31.0 Å². The molecule has 16 heavy (non-hydrogen) atoms. The quantitative estimate of drug-likeness (QED) is 0.759. The van der Waals surface area contributed by atoms with Gasteiger partial charge in [0.1, 0.15) is 12.1 Å². The lowest BCUT2D eigenvalue weighted by atomic mass is 10.3. The fourth-order valence-electron chi connectivity index (χ4n) is 2.26. The van der Waals surface area contributed by atoms with Gasteiger partial charge in [-0.2, -0.15) is 9.61 Å². The summed E-state index contributed by atoms with van der Waals surface area (Å²) in [5, 5.41) is 4.25. The highest BCUT2D eigenvalue weighted by atomic mass is 15.4. The minimum atomic E-state index is 0.277. The number of hydrogen-bond donors (Lipinski definition) is 1. The van der Waals surface area contributed by atoms with Crippen molar-refractivity contribution in [2.75, 3.05) is 18.0 Å². The molecule has 0 saturated carbocycles. The van der Waals surface area contributed by atoms with Crippen LogP contribution in [0, 0.1) is 6.92 Å². The smallest absolute Gasteiger partial charge is 0.157 e. The fraction of sp³-hybridized carbons (Fsp3) is 0.455. The number of pyridine rings is 1. The van der Waals surface area contributed by atoms with Gasteiger partial charge in [0, 0.05) is 19.1 Å². The molecule has 0 aliphatic carbocycles. The lowest BCUT2D eigenvalue weighted by Crippen LogP contribution is -2.27. The Labute approximate surface area is 93.9 Å². The Morgan fingerprint density at radius 3 is 3.06 bits per heavy atom. The predicted octanol–water partition coefficient (Wildman–Crippen LogP) is 0.575. The Hall–Kier alpha value is -1.62. The highest BCUT2D eigenvalue weighted by Gasteiger charge is 2.21. The number of nitrogens with zero attached hydrogens (tertiary/aromatic N) is 4. The van der Waals surface area contributed by atoms with E-state index >= 15 is 0 Å². The van der Waals surface area contributed by atoms with E-state index in [1.165, 1.54) is 5.56 Å². The normalized spacial score (nSPS) is 20.9. The summed E-state index contributed by atoms with van der Waals surface area (Å²) in [4.78, 5) is 6.50. The number of hydrogen-bond acceptors (Lipinski definition) is 4. The summed E-state index contributed by atoms with van der Waals surface area (Å²) in [5.74, 6) is 1.10. The van der Waals surface area contributed by atoms with E-state index in [0.29, 0.717) is 0 Å². The third-order valence-electron chi connectivity index (χ3n) is 3.05. The first kappa shape index (κ1) is 9.59. The minimum absolute atomic E-state index is 0.277. The second-order valence-corrected chi connectivity index (χ2v) is 4.42. The topological polar surface area (TPSA) is 59.5 Å². The van der Waals surface area contributed by atoms with E-state index in [-0.39, 0.29) is 6.04 Å². The molecule has 2 N–H and O–H groups in total. The van der Waals surface area contributed by atoms with Gasteiger partial charge in [-0.3, -0.25) is 0 Å². The van der Waals surface area contributed by atoms with Crippen molar-refractivity contribution in [1.82, 2.24) is 14.6 Å². The van der Waals surface area contributed by atoms with Crippen LogP contribution in [0.25, 0.3) is 5.65 Å². The summed E-state index contributed by atoms with van der Waals surface area (Å²) >= 11 is 0. The number of fused-ring (bicyclic) bond motifs is 1. The van der Waals surface area contributed by atoms with Crippen LogP contribution in [-0.4, -0.2) is 33.7 Å². The number of nitrogens with two attached hydrogens (primary N) is 1. The molecule has 2 aromatic rings. The molecule has 3 heterocycles. The van der Waals surface area contributed by atoms with E-state index < -0.39 is 0 Å².